The van der Waals surface area contributed by atoms with Crippen molar-refractivity contribution in [3.8, 4) is 29.1 Å². The molecule has 0 saturated carbocycles. The smallest absolute Gasteiger partial charge is 0.257 e. The number of pyridine rings is 2. The van der Waals surface area contributed by atoms with Gasteiger partial charge in [0.05, 0.1) is 25.1 Å². The van der Waals surface area contributed by atoms with Crippen LogP contribution in [0.3, 0.4) is 0 Å². The van der Waals surface area contributed by atoms with Crippen LogP contribution in [0, 0.1) is 17.2 Å². The van der Waals surface area contributed by atoms with Crippen LogP contribution in [0.4, 0.5) is 0 Å². The molecular weight excluding hydrogens is 358 g/mol. The van der Waals surface area contributed by atoms with E-state index in [-0.39, 0.29) is 17.0 Å². The van der Waals surface area contributed by atoms with Crippen molar-refractivity contribution >= 4 is 0 Å². The first-order valence-electron chi connectivity index (χ1n) is 9.36. The molecule has 0 amide bonds. The number of nitriles is 1. The molecule has 0 unspecified atom stereocenters. The van der Waals surface area contributed by atoms with E-state index in [9.17, 15) is 10.1 Å². The van der Waals surface area contributed by atoms with Crippen molar-refractivity contribution in [2.75, 3.05) is 27.4 Å². The lowest BCUT2D eigenvalue weighted by molar-refractivity contribution is 0.170. The molecule has 28 heavy (non-hydrogen) atoms. The van der Waals surface area contributed by atoms with E-state index in [4.69, 9.17) is 14.2 Å². The van der Waals surface area contributed by atoms with Gasteiger partial charge in [-0.05, 0) is 24.0 Å². The van der Waals surface area contributed by atoms with Crippen LogP contribution in [0.1, 0.15) is 37.4 Å². The van der Waals surface area contributed by atoms with Gasteiger partial charge >= 0.3 is 0 Å². The van der Waals surface area contributed by atoms with Gasteiger partial charge in [-0.25, -0.2) is 4.98 Å². The van der Waals surface area contributed by atoms with Crippen molar-refractivity contribution in [1.82, 2.24) is 9.55 Å². The predicted molar refractivity (Wildman–Crippen MR) is 105 cm³/mol. The maximum atomic E-state index is 12.3. The molecule has 7 heteroatoms. The summed E-state index contributed by atoms with van der Waals surface area (Å²) in [6.45, 7) is 5.37. The van der Waals surface area contributed by atoms with E-state index in [0.717, 1.165) is 18.4 Å². The highest BCUT2D eigenvalue weighted by Gasteiger charge is 2.29. The van der Waals surface area contributed by atoms with Crippen molar-refractivity contribution in [2.24, 2.45) is 5.92 Å². The fourth-order valence-electron chi connectivity index (χ4n) is 3.51. The van der Waals surface area contributed by atoms with Crippen molar-refractivity contribution in [2.45, 2.75) is 32.7 Å². The van der Waals surface area contributed by atoms with Gasteiger partial charge in [0.15, 0.2) is 11.2 Å². The summed E-state index contributed by atoms with van der Waals surface area (Å²) in [5, 5.41) is 9.25. The zero-order chi connectivity index (χ0) is 20.3. The quantitative estimate of drug-likeness (QED) is 0.683. The molecule has 0 aromatic carbocycles. The number of nitrogens with zero attached hydrogens (tertiary/aromatic N) is 3. The average molecular weight is 383 g/mol. The number of fused-ring (bicyclic) bond motifs is 3. The Morgan fingerprint density at radius 3 is 2.75 bits per heavy atom. The van der Waals surface area contributed by atoms with Gasteiger partial charge in [-0.3, -0.25) is 4.79 Å². The first-order chi connectivity index (χ1) is 13.5. The summed E-state index contributed by atoms with van der Waals surface area (Å²) in [4.78, 5) is 16.9. The van der Waals surface area contributed by atoms with E-state index in [1.54, 1.807) is 20.4 Å². The number of hydrogen-bond donors (Lipinski definition) is 0. The van der Waals surface area contributed by atoms with Crippen LogP contribution >= 0.6 is 0 Å². The SMILES string of the molecule is COCCCOc1cc2c(nc1OC)-c1cc(=O)c(C#N)cn1[C@H](C(C)C)C2. The van der Waals surface area contributed by atoms with Crippen LogP contribution in [-0.4, -0.2) is 37.0 Å². The standard InChI is InChI=1S/C21H25N3O4/c1-13(2)16-8-14-9-19(28-7-5-6-26-3)21(27-4)23-20(14)17-10-18(25)15(11-22)12-24(16)17/h9-10,12-13,16H,5-8H2,1-4H3/t16-/m0/s1. The van der Waals surface area contributed by atoms with Crippen molar-refractivity contribution in [1.29, 1.82) is 5.26 Å². The Balaban J connectivity index is 2.09. The zero-order valence-electron chi connectivity index (χ0n) is 16.7. The first-order valence-corrected chi connectivity index (χ1v) is 9.36. The molecule has 1 atom stereocenters. The van der Waals surface area contributed by atoms with Gasteiger partial charge in [-0.2, -0.15) is 5.26 Å². The molecule has 0 bridgehead atoms. The summed E-state index contributed by atoms with van der Waals surface area (Å²) in [5.41, 5.74) is 2.24. The lowest BCUT2D eigenvalue weighted by atomic mass is 9.89. The summed E-state index contributed by atoms with van der Waals surface area (Å²) >= 11 is 0. The second-order valence-electron chi connectivity index (χ2n) is 7.17. The molecule has 0 radical (unpaired) electrons. The lowest BCUT2D eigenvalue weighted by Crippen LogP contribution is -2.27. The zero-order valence-corrected chi connectivity index (χ0v) is 16.7. The Labute approximate surface area is 164 Å². The second-order valence-corrected chi connectivity index (χ2v) is 7.17. The van der Waals surface area contributed by atoms with Crippen molar-refractivity contribution < 1.29 is 14.2 Å². The monoisotopic (exact) mass is 383 g/mol. The third-order valence-corrected chi connectivity index (χ3v) is 4.98. The highest BCUT2D eigenvalue weighted by molar-refractivity contribution is 5.65. The minimum Gasteiger partial charge on any atom is -0.488 e. The van der Waals surface area contributed by atoms with Gasteiger partial charge < -0.3 is 18.8 Å². The van der Waals surface area contributed by atoms with E-state index in [0.29, 0.717) is 42.1 Å². The van der Waals surface area contributed by atoms with E-state index in [1.807, 2.05) is 16.7 Å². The lowest BCUT2D eigenvalue weighted by Gasteiger charge is -2.33. The Bertz CT molecular complexity index is 959. The molecule has 0 aliphatic carbocycles. The minimum atomic E-state index is -0.301. The summed E-state index contributed by atoms with van der Waals surface area (Å²) in [7, 11) is 3.20. The predicted octanol–water partition coefficient (Wildman–Crippen LogP) is 2.96. The molecule has 3 heterocycles. The third kappa shape index (κ3) is 3.73. The van der Waals surface area contributed by atoms with Gasteiger partial charge in [-0.15, -0.1) is 0 Å². The molecule has 0 saturated heterocycles. The van der Waals surface area contributed by atoms with Gasteiger partial charge in [0.1, 0.15) is 11.6 Å². The minimum absolute atomic E-state index is 0.117. The number of aromatic nitrogens is 2. The Morgan fingerprint density at radius 1 is 1.32 bits per heavy atom. The highest BCUT2D eigenvalue weighted by Crippen LogP contribution is 2.40. The van der Waals surface area contributed by atoms with Crippen LogP contribution in [-0.2, 0) is 11.2 Å². The molecule has 2 aromatic rings. The fourth-order valence-corrected chi connectivity index (χ4v) is 3.51. The average Bonchev–Trinajstić information content (AvgIpc) is 2.69. The topological polar surface area (TPSA) is 86.4 Å². The van der Waals surface area contributed by atoms with Gasteiger partial charge in [0, 0.05) is 38.4 Å². The largest absolute Gasteiger partial charge is 0.488 e. The summed E-state index contributed by atoms with van der Waals surface area (Å²) in [5.74, 6) is 1.28. The maximum Gasteiger partial charge on any atom is 0.257 e. The van der Waals surface area contributed by atoms with Crippen molar-refractivity contribution in [3.63, 3.8) is 0 Å². The molecule has 148 valence electrons. The molecule has 0 N–H and O–H groups in total. The highest BCUT2D eigenvalue weighted by atomic mass is 16.5. The number of methoxy groups -OCH3 is 2. The molecule has 1 aliphatic heterocycles. The number of rotatable bonds is 7. The summed E-state index contributed by atoms with van der Waals surface area (Å²) < 4.78 is 18.3. The summed E-state index contributed by atoms with van der Waals surface area (Å²) in [6, 6.07) is 5.55. The van der Waals surface area contributed by atoms with Gasteiger partial charge in [0.25, 0.3) is 5.88 Å². The molecule has 0 spiro atoms. The summed E-state index contributed by atoms with van der Waals surface area (Å²) in [6.07, 6.45) is 3.15. The van der Waals surface area contributed by atoms with Gasteiger partial charge in [0.2, 0.25) is 0 Å². The van der Waals surface area contributed by atoms with Crippen LogP contribution in [0.15, 0.2) is 23.1 Å². The third-order valence-electron chi connectivity index (χ3n) is 4.98. The molecule has 7 nitrogen and oxygen atoms in total. The number of ether oxygens (including phenoxy) is 3. The van der Waals surface area contributed by atoms with Crippen LogP contribution in [0.5, 0.6) is 11.6 Å². The van der Waals surface area contributed by atoms with E-state index < -0.39 is 0 Å². The molecule has 1 aliphatic rings. The van der Waals surface area contributed by atoms with Crippen LogP contribution in [0.25, 0.3) is 11.4 Å². The van der Waals surface area contributed by atoms with E-state index >= 15 is 0 Å². The van der Waals surface area contributed by atoms with E-state index in [2.05, 4.69) is 18.8 Å². The molecule has 3 rings (SSSR count). The second kappa shape index (κ2) is 8.44. The Morgan fingerprint density at radius 2 is 2.11 bits per heavy atom. The fraction of sp³-hybridized carbons (Fsp3) is 0.476. The Hall–Kier alpha value is -2.85. The van der Waals surface area contributed by atoms with Crippen molar-refractivity contribution in [3.05, 3.63) is 39.7 Å². The molecule has 2 aromatic heterocycles. The van der Waals surface area contributed by atoms with Crippen LogP contribution < -0.4 is 14.9 Å². The van der Waals surface area contributed by atoms with Crippen LogP contribution in [0.2, 0.25) is 0 Å². The molecule has 0 fully saturated rings. The first kappa shape index (κ1) is 19.9. The number of hydrogen-bond acceptors (Lipinski definition) is 6. The van der Waals surface area contributed by atoms with E-state index in [1.165, 1.54) is 6.07 Å². The molecular formula is C21H25N3O4. The maximum absolute atomic E-state index is 12.3. The Kier molecular flexibility index (Phi) is 6.00. The normalized spacial score (nSPS) is 14.9. The van der Waals surface area contributed by atoms with Gasteiger partial charge in [-0.1, -0.05) is 13.8 Å².